The number of ether oxygens (including phenoxy) is 2. The zero-order valence-electron chi connectivity index (χ0n) is 16.1. The van der Waals surface area contributed by atoms with Crippen LogP contribution >= 0.6 is 11.6 Å². The molecule has 2 aromatic carbocycles. The second-order valence-corrected chi connectivity index (χ2v) is 6.89. The highest BCUT2D eigenvalue weighted by Crippen LogP contribution is 2.34. The molecule has 0 heterocycles. The summed E-state index contributed by atoms with van der Waals surface area (Å²) in [6.45, 7) is 8.23. The van der Waals surface area contributed by atoms with Gasteiger partial charge in [0.15, 0.2) is 11.5 Å². The van der Waals surface area contributed by atoms with Crippen molar-refractivity contribution in [3.63, 3.8) is 0 Å². The average molecular weight is 376 g/mol. The van der Waals surface area contributed by atoms with Crippen LogP contribution in [0.3, 0.4) is 0 Å². The largest absolute Gasteiger partial charge is 0.490 e. The summed E-state index contributed by atoms with van der Waals surface area (Å²) < 4.78 is 11.5. The standard InChI is InChI=1S/C22H30ClNO2/c1-4-13-26-22-15-20(23)19(14-21(22)25-5-2)16-24-17(3)11-12-18-9-7-6-8-10-18/h6-10,14-15,17,24H,4-5,11-13,16H2,1-3H3. The highest BCUT2D eigenvalue weighted by Gasteiger charge is 2.12. The van der Waals surface area contributed by atoms with Gasteiger partial charge in [-0.1, -0.05) is 48.9 Å². The molecule has 1 N–H and O–H groups in total. The Hall–Kier alpha value is -1.71. The monoisotopic (exact) mass is 375 g/mol. The smallest absolute Gasteiger partial charge is 0.162 e. The number of halogens is 1. The first-order chi connectivity index (χ1) is 12.6. The molecule has 142 valence electrons. The summed E-state index contributed by atoms with van der Waals surface area (Å²) in [5.41, 5.74) is 2.40. The molecule has 0 aliphatic rings. The first-order valence-electron chi connectivity index (χ1n) is 9.49. The van der Waals surface area contributed by atoms with E-state index in [4.69, 9.17) is 21.1 Å². The van der Waals surface area contributed by atoms with Crippen LogP contribution in [0, 0.1) is 0 Å². The Balaban J connectivity index is 1.93. The Bertz CT molecular complexity index is 661. The fourth-order valence-electron chi connectivity index (χ4n) is 2.72. The second-order valence-electron chi connectivity index (χ2n) is 6.48. The summed E-state index contributed by atoms with van der Waals surface area (Å²) in [6, 6.07) is 14.8. The van der Waals surface area contributed by atoms with E-state index in [2.05, 4.69) is 49.5 Å². The Labute approximate surface area is 162 Å². The number of benzene rings is 2. The van der Waals surface area contributed by atoms with Gasteiger partial charge in [-0.25, -0.2) is 0 Å². The maximum Gasteiger partial charge on any atom is 0.162 e. The van der Waals surface area contributed by atoms with Crippen molar-refractivity contribution in [1.82, 2.24) is 5.32 Å². The third kappa shape index (κ3) is 6.54. The summed E-state index contributed by atoms with van der Waals surface area (Å²) in [5, 5.41) is 4.27. The number of rotatable bonds is 11. The van der Waals surface area contributed by atoms with Gasteiger partial charge in [0, 0.05) is 23.7 Å². The van der Waals surface area contributed by atoms with Crippen LogP contribution in [0.4, 0.5) is 0 Å². The molecule has 0 saturated carbocycles. The lowest BCUT2D eigenvalue weighted by Crippen LogP contribution is -2.26. The van der Waals surface area contributed by atoms with Crippen LogP contribution in [0.15, 0.2) is 42.5 Å². The molecule has 0 spiro atoms. The quantitative estimate of drug-likeness (QED) is 0.551. The van der Waals surface area contributed by atoms with Gasteiger partial charge < -0.3 is 14.8 Å². The summed E-state index contributed by atoms with van der Waals surface area (Å²) in [5.74, 6) is 1.48. The molecule has 3 nitrogen and oxygen atoms in total. The van der Waals surface area contributed by atoms with Crippen LogP contribution in [0.5, 0.6) is 11.5 Å². The van der Waals surface area contributed by atoms with Gasteiger partial charge in [-0.2, -0.15) is 0 Å². The fourth-order valence-corrected chi connectivity index (χ4v) is 2.94. The Morgan fingerprint density at radius 3 is 2.46 bits per heavy atom. The van der Waals surface area contributed by atoms with Gasteiger partial charge in [-0.15, -0.1) is 0 Å². The first-order valence-corrected chi connectivity index (χ1v) is 9.87. The zero-order valence-corrected chi connectivity index (χ0v) is 16.8. The number of hydrogen-bond acceptors (Lipinski definition) is 3. The average Bonchev–Trinajstić information content (AvgIpc) is 2.66. The SMILES string of the molecule is CCCOc1cc(Cl)c(CNC(C)CCc2ccccc2)cc1OCC. The van der Waals surface area contributed by atoms with E-state index in [1.807, 2.05) is 19.1 Å². The van der Waals surface area contributed by atoms with E-state index in [1.165, 1.54) is 5.56 Å². The first kappa shape index (κ1) is 20.6. The molecule has 0 aromatic heterocycles. The molecular weight excluding hydrogens is 346 g/mol. The third-order valence-electron chi connectivity index (χ3n) is 4.22. The highest BCUT2D eigenvalue weighted by molar-refractivity contribution is 6.31. The predicted molar refractivity (Wildman–Crippen MR) is 109 cm³/mol. The van der Waals surface area contributed by atoms with Gasteiger partial charge in [0.05, 0.1) is 13.2 Å². The van der Waals surface area contributed by atoms with Gasteiger partial charge in [0.25, 0.3) is 0 Å². The predicted octanol–water partition coefficient (Wildman–Crippen LogP) is 5.64. The molecule has 0 radical (unpaired) electrons. The van der Waals surface area contributed by atoms with Crippen LogP contribution in [0.2, 0.25) is 5.02 Å². The summed E-state index contributed by atoms with van der Waals surface area (Å²) >= 11 is 6.46. The normalized spacial score (nSPS) is 12.0. The number of hydrogen-bond donors (Lipinski definition) is 1. The molecule has 0 saturated heterocycles. The van der Waals surface area contributed by atoms with Crippen molar-refractivity contribution in [2.45, 2.75) is 52.6 Å². The number of aryl methyl sites for hydroxylation is 1. The van der Waals surface area contributed by atoms with E-state index in [0.717, 1.165) is 36.3 Å². The number of nitrogens with one attached hydrogen (secondary N) is 1. The molecule has 0 amide bonds. The van der Waals surface area contributed by atoms with E-state index in [1.54, 1.807) is 0 Å². The van der Waals surface area contributed by atoms with Crippen LogP contribution in [-0.2, 0) is 13.0 Å². The molecule has 0 aliphatic carbocycles. The third-order valence-corrected chi connectivity index (χ3v) is 4.58. The molecule has 2 aromatic rings. The van der Waals surface area contributed by atoms with E-state index < -0.39 is 0 Å². The van der Waals surface area contributed by atoms with Gasteiger partial charge in [-0.05, 0) is 50.3 Å². The summed E-state index contributed by atoms with van der Waals surface area (Å²) in [7, 11) is 0. The highest BCUT2D eigenvalue weighted by atomic mass is 35.5. The van der Waals surface area contributed by atoms with Gasteiger partial charge in [0.1, 0.15) is 0 Å². The Kier molecular flexibility index (Phi) is 8.79. The van der Waals surface area contributed by atoms with E-state index in [-0.39, 0.29) is 0 Å². The van der Waals surface area contributed by atoms with Crippen molar-refractivity contribution in [2.75, 3.05) is 13.2 Å². The van der Waals surface area contributed by atoms with E-state index >= 15 is 0 Å². The van der Waals surface area contributed by atoms with Crippen LogP contribution < -0.4 is 14.8 Å². The van der Waals surface area contributed by atoms with Gasteiger partial charge >= 0.3 is 0 Å². The molecule has 1 unspecified atom stereocenters. The van der Waals surface area contributed by atoms with Crippen molar-refractivity contribution in [3.8, 4) is 11.5 Å². The lowest BCUT2D eigenvalue weighted by Gasteiger charge is -2.17. The lowest BCUT2D eigenvalue weighted by atomic mass is 10.1. The molecule has 2 rings (SSSR count). The minimum absolute atomic E-state index is 0.401. The topological polar surface area (TPSA) is 30.5 Å². The molecule has 4 heteroatoms. The van der Waals surface area contributed by atoms with Crippen molar-refractivity contribution in [1.29, 1.82) is 0 Å². The summed E-state index contributed by atoms with van der Waals surface area (Å²) in [6.07, 6.45) is 3.10. The van der Waals surface area contributed by atoms with Crippen LogP contribution in [0.25, 0.3) is 0 Å². The van der Waals surface area contributed by atoms with E-state index in [9.17, 15) is 0 Å². The maximum atomic E-state index is 6.46. The van der Waals surface area contributed by atoms with Gasteiger partial charge in [-0.3, -0.25) is 0 Å². The molecular formula is C22H30ClNO2. The molecule has 0 bridgehead atoms. The molecule has 1 atom stereocenters. The van der Waals surface area contributed by atoms with Crippen molar-refractivity contribution in [3.05, 3.63) is 58.6 Å². The Morgan fingerprint density at radius 2 is 1.77 bits per heavy atom. The van der Waals surface area contributed by atoms with Gasteiger partial charge in [0.2, 0.25) is 0 Å². The molecule has 0 fully saturated rings. The fraction of sp³-hybridized carbons (Fsp3) is 0.455. The van der Waals surface area contributed by atoms with Crippen LogP contribution in [0.1, 0.15) is 44.7 Å². The minimum Gasteiger partial charge on any atom is -0.490 e. The summed E-state index contributed by atoms with van der Waals surface area (Å²) in [4.78, 5) is 0. The van der Waals surface area contributed by atoms with E-state index in [0.29, 0.717) is 30.8 Å². The molecule has 0 aliphatic heterocycles. The van der Waals surface area contributed by atoms with Crippen molar-refractivity contribution in [2.24, 2.45) is 0 Å². The Morgan fingerprint density at radius 1 is 1.04 bits per heavy atom. The minimum atomic E-state index is 0.401. The zero-order chi connectivity index (χ0) is 18.8. The van der Waals surface area contributed by atoms with Crippen LogP contribution in [-0.4, -0.2) is 19.3 Å². The van der Waals surface area contributed by atoms with Crippen molar-refractivity contribution < 1.29 is 9.47 Å². The lowest BCUT2D eigenvalue weighted by molar-refractivity contribution is 0.276. The molecule has 26 heavy (non-hydrogen) atoms. The van der Waals surface area contributed by atoms with Crippen molar-refractivity contribution >= 4 is 11.6 Å². The second kappa shape index (κ2) is 11.1. The maximum absolute atomic E-state index is 6.46.